The van der Waals surface area contributed by atoms with E-state index in [1.807, 2.05) is 6.92 Å². The molecule has 1 saturated heterocycles. The first-order chi connectivity index (χ1) is 8.72. The first kappa shape index (κ1) is 12.8. The van der Waals surface area contributed by atoms with Crippen LogP contribution < -0.4 is 21.9 Å². The van der Waals surface area contributed by atoms with Crippen molar-refractivity contribution in [2.45, 2.75) is 25.9 Å². The number of nitrogens with zero attached hydrogens (tertiary/aromatic N) is 3. The fourth-order valence-corrected chi connectivity index (χ4v) is 2.21. The van der Waals surface area contributed by atoms with Crippen LogP contribution in [0.5, 0.6) is 0 Å². The topological polar surface area (TPSA) is 102 Å². The molecular weight excluding hydrogens is 232 g/mol. The van der Waals surface area contributed by atoms with Crippen molar-refractivity contribution in [3.8, 4) is 0 Å². The molecule has 5 N–H and O–H groups in total. The second-order valence-electron chi connectivity index (χ2n) is 4.28. The van der Waals surface area contributed by atoms with Crippen molar-refractivity contribution in [1.82, 2.24) is 9.97 Å². The summed E-state index contributed by atoms with van der Waals surface area (Å²) >= 11 is 0. The normalized spacial score (nSPS) is 19.9. The molecule has 1 atom stereocenters. The van der Waals surface area contributed by atoms with Gasteiger partial charge in [0.15, 0.2) is 0 Å². The van der Waals surface area contributed by atoms with E-state index in [0.717, 1.165) is 38.4 Å². The Hall–Kier alpha value is -1.60. The molecule has 0 saturated carbocycles. The van der Waals surface area contributed by atoms with Gasteiger partial charge in [0.05, 0.1) is 6.10 Å². The number of ether oxygens (including phenoxy) is 1. The minimum absolute atomic E-state index is 0.221. The van der Waals surface area contributed by atoms with Crippen LogP contribution in [0.2, 0.25) is 0 Å². The Balaban J connectivity index is 2.12. The zero-order valence-electron chi connectivity index (χ0n) is 10.6. The number of hydrogen-bond donors (Lipinski definition) is 3. The quantitative estimate of drug-likeness (QED) is 0.525. The molecule has 0 spiro atoms. The van der Waals surface area contributed by atoms with Gasteiger partial charge in [-0.3, -0.25) is 0 Å². The molecule has 0 radical (unpaired) electrons. The van der Waals surface area contributed by atoms with Crippen LogP contribution in [0.25, 0.3) is 0 Å². The van der Waals surface area contributed by atoms with Gasteiger partial charge in [-0.2, -0.15) is 9.97 Å². The number of hydrazine groups is 1. The first-order valence-electron chi connectivity index (χ1n) is 6.20. The summed E-state index contributed by atoms with van der Waals surface area (Å²) in [7, 11) is 0. The van der Waals surface area contributed by atoms with Gasteiger partial charge >= 0.3 is 0 Å². The van der Waals surface area contributed by atoms with E-state index in [-0.39, 0.29) is 12.1 Å². The van der Waals surface area contributed by atoms with Crippen LogP contribution in [-0.4, -0.2) is 35.8 Å². The Bertz CT molecular complexity index is 397. The van der Waals surface area contributed by atoms with E-state index in [4.69, 9.17) is 16.3 Å². The highest BCUT2D eigenvalue weighted by Gasteiger charge is 2.21. The van der Waals surface area contributed by atoms with E-state index in [9.17, 15) is 0 Å². The largest absolute Gasteiger partial charge is 0.377 e. The Kier molecular flexibility index (Phi) is 4.16. The van der Waals surface area contributed by atoms with Crippen LogP contribution in [0.3, 0.4) is 0 Å². The Morgan fingerprint density at radius 3 is 3.11 bits per heavy atom. The molecule has 1 aromatic rings. The predicted octanol–water partition coefficient (Wildman–Crippen LogP) is 0.350. The standard InChI is InChI=1S/C11H20N6O/c1-2-18-8-4-3-5-17(7-8)10-6-9(16-13)14-11(12)15-10/h6,8H,2-5,7,13H2,1H3,(H3,12,14,15,16). The first-order valence-corrected chi connectivity index (χ1v) is 6.20. The van der Waals surface area contributed by atoms with Crippen LogP contribution in [0, 0.1) is 0 Å². The lowest BCUT2D eigenvalue weighted by Crippen LogP contribution is -2.40. The summed E-state index contributed by atoms with van der Waals surface area (Å²) in [6.45, 7) is 4.52. The molecule has 2 rings (SSSR count). The van der Waals surface area contributed by atoms with Gasteiger partial charge in [0.1, 0.15) is 11.6 Å². The van der Waals surface area contributed by atoms with Crippen molar-refractivity contribution in [3.63, 3.8) is 0 Å². The molecule has 0 amide bonds. The SMILES string of the molecule is CCOC1CCCN(c2cc(NN)nc(N)n2)C1. The van der Waals surface area contributed by atoms with Crippen LogP contribution in [0.4, 0.5) is 17.6 Å². The summed E-state index contributed by atoms with van der Waals surface area (Å²) in [4.78, 5) is 10.4. The number of piperidine rings is 1. The molecule has 0 bridgehead atoms. The third-order valence-corrected chi connectivity index (χ3v) is 2.98. The maximum absolute atomic E-state index is 5.66. The van der Waals surface area contributed by atoms with Gasteiger partial charge in [0.2, 0.25) is 5.95 Å². The molecule has 1 aromatic heterocycles. The van der Waals surface area contributed by atoms with E-state index < -0.39 is 0 Å². The average Bonchev–Trinajstić information content (AvgIpc) is 2.39. The molecule has 7 heteroatoms. The van der Waals surface area contributed by atoms with Crippen molar-refractivity contribution in [3.05, 3.63) is 6.07 Å². The van der Waals surface area contributed by atoms with Crippen LogP contribution in [-0.2, 0) is 4.74 Å². The number of hydrogen-bond acceptors (Lipinski definition) is 7. The fourth-order valence-electron chi connectivity index (χ4n) is 2.21. The maximum Gasteiger partial charge on any atom is 0.223 e. The molecule has 2 heterocycles. The second kappa shape index (κ2) is 5.83. The average molecular weight is 252 g/mol. The molecule has 18 heavy (non-hydrogen) atoms. The zero-order chi connectivity index (χ0) is 13.0. The number of rotatable bonds is 4. The molecule has 1 aliphatic rings. The zero-order valence-corrected chi connectivity index (χ0v) is 10.6. The van der Waals surface area contributed by atoms with E-state index in [1.165, 1.54) is 0 Å². The van der Waals surface area contributed by atoms with Crippen molar-refractivity contribution in [1.29, 1.82) is 0 Å². The summed E-state index contributed by atoms with van der Waals surface area (Å²) in [5.74, 6) is 6.89. The summed E-state index contributed by atoms with van der Waals surface area (Å²) in [6.07, 6.45) is 2.43. The smallest absolute Gasteiger partial charge is 0.223 e. The predicted molar refractivity (Wildman–Crippen MR) is 71.1 cm³/mol. The summed E-state index contributed by atoms with van der Waals surface area (Å²) in [6, 6.07) is 1.80. The number of aromatic nitrogens is 2. The van der Waals surface area contributed by atoms with Crippen molar-refractivity contribution >= 4 is 17.6 Å². The Morgan fingerprint density at radius 2 is 2.39 bits per heavy atom. The molecular formula is C11H20N6O. The highest BCUT2D eigenvalue weighted by atomic mass is 16.5. The summed E-state index contributed by atoms with van der Waals surface area (Å²) < 4.78 is 5.66. The van der Waals surface area contributed by atoms with E-state index >= 15 is 0 Å². The lowest BCUT2D eigenvalue weighted by molar-refractivity contribution is 0.0525. The minimum atomic E-state index is 0.221. The van der Waals surface area contributed by atoms with Gasteiger partial charge in [-0.1, -0.05) is 0 Å². The van der Waals surface area contributed by atoms with Gasteiger partial charge in [0, 0.05) is 25.8 Å². The van der Waals surface area contributed by atoms with Gasteiger partial charge in [-0.15, -0.1) is 0 Å². The van der Waals surface area contributed by atoms with Crippen molar-refractivity contribution in [2.24, 2.45) is 5.84 Å². The van der Waals surface area contributed by atoms with E-state index in [0.29, 0.717) is 5.82 Å². The monoisotopic (exact) mass is 252 g/mol. The van der Waals surface area contributed by atoms with Crippen LogP contribution >= 0.6 is 0 Å². The summed E-state index contributed by atoms with van der Waals surface area (Å²) in [5.41, 5.74) is 8.15. The second-order valence-corrected chi connectivity index (χ2v) is 4.28. The van der Waals surface area contributed by atoms with Crippen LogP contribution in [0.1, 0.15) is 19.8 Å². The lowest BCUT2D eigenvalue weighted by atomic mass is 10.1. The molecule has 0 aliphatic carbocycles. The lowest BCUT2D eigenvalue weighted by Gasteiger charge is -2.33. The number of anilines is 3. The minimum Gasteiger partial charge on any atom is -0.377 e. The van der Waals surface area contributed by atoms with Crippen molar-refractivity contribution < 1.29 is 4.74 Å². The van der Waals surface area contributed by atoms with Gasteiger partial charge < -0.3 is 20.8 Å². The molecule has 0 aromatic carbocycles. The van der Waals surface area contributed by atoms with E-state index in [1.54, 1.807) is 6.07 Å². The van der Waals surface area contributed by atoms with Gasteiger partial charge in [-0.05, 0) is 19.8 Å². The van der Waals surface area contributed by atoms with Crippen LogP contribution in [0.15, 0.2) is 6.07 Å². The fraction of sp³-hybridized carbons (Fsp3) is 0.636. The number of nitrogens with two attached hydrogens (primary N) is 2. The highest BCUT2D eigenvalue weighted by Crippen LogP contribution is 2.22. The third kappa shape index (κ3) is 2.99. The molecule has 1 unspecified atom stereocenters. The molecule has 100 valence electrons. The Morgan fingerprint density at radius 1 is 1.56 bits per heavy atom. The summed E-state index contributed by atoms with van der Waals surface area (Å²) in [5, 5.41) is 0. The van der Waals surface area contributed by atoms with Gasteiger partial charge in [-0.25, -0.2) is 5.84 Å². The highest BCUT2D eigenvalue weighted by molar-refractivity contribution is 5.52. The molecule has 1 fully saturated rings. The number of nitrogens with one attached hydrogen (secondary N) is 1. The maximum atomic E-state index is 5.66. The van der Waals surface area contributed by atoms with Gasteiger partial charge in [0.25, 0.3) is 0 Å². The Labute approximate surface area is 106 Å². The molecule has 7 nitrogen and oxygen atoms in total. The third-order valence-electron chi connectivity index (χ3n) is 2.98. The van der Waals surface area contributed by atoms with E-state index in [2.05, 4.69) is 20.3 Å². The van der Waals surface area contributed by atoms with Crippen molar-refractivity contribution in [2.75, 3.05) is 35.8 Å². The number of nitrogen functional groups attached to an aromatic ring is 2. The molecule has 1 aliphatic heterocycles.